The van der Waals surface area contributed by atoms with Crippen molar-refractivity contribution in [2.75, 3.05) is 33.0 Å². The monoisotopic (exact) mass is 381 g/mol. The molecule has 1 aromatic carbocycles. The molecule has 0 aliphatic carbocycles. The Hall–Kier alpha value is -1.11. The van der Waals surface area contributed by atoms with E-state index in [1.54, 1.807) is 5.01 Å². The second-order valence-electron chi connectivity index (χ2n) is 6.75. The van der Waals surface area contributed by atoms with Gasteiger partial charge in [0.15, 0.2) is 0 Å². The highest BCUT2D eigenvalue weighted by Gasteiger charge is 2.57. The first-order valence-corrected chi connectivity index (χ1v) is 8.80. The standard InChI is InChI=1S/C17H24BrN3O2/c1-17(11-6-8-23-9-7-11)15(20(2)21(3)16(17)22)13-10-12(18)4-5-14(13)19/h4-5,10-11,15H,6-9,19H2,1-3H3. The van der Waals surface area contributed by atoms with E-state index in [-0.39, 0.29) is 11.9 Å². The van der Waals surface area contributed by atoms with Crippen molar-refractivity contribution in [3.05, 3.63) is 28.2 Å². The van der Waals surface area contributed by atoms with Gasteiger partial charge in [0.05, 0.1) is 11.5 Å². The number of hydrogen-bond acceptors (Lipinski definition) is 4. The molecule has 0 spiro atoms. The Morgan fingerprint density at radius 1 is 1.30 bits per heavy atom. The van der Waals surface area contributed by atoms with Gasteiger partial charge in [0.25, 0.3) is 0 Å². The molecule has 1 aromatic rings. The van der Waals surface area contributed by atoms with E-state index in [2.05, 4.69) is 22.9 Å². The molecule has 5 nitrogen and oxygen atoms in total. The molecule has 2 saturated heterocycles. The third kappa shape index (κ3) is 2.57. The average Bonchev–Trinajstić information content (AvgIpc) is 2.73. The lowest BCUT2D eigenvalue weighted by atomic mass is 9.66. The minimum atomic E-state index is -0.498. The molecule has 0 saturated carbocycles. The summed E-state index contributed by atoms with van der Waals surface area (Å²) in [7, 11) is 3.81. The molecule has 2 fully saturated rings. The van der Waals surface area contributed by atoms with Crippen LogP contribution in [0.3, 0.4) is 0 Å². The number of amides is 1. The van der Waals surface area contributed by atoms with E-state index in [0.717, 1.165) is 41.8 Å². The van der Waals surface area contributed by atoms with Gasteiger partial charge in [-0.05, 0) is 49.4 Å². The minimum absolute atomic E-state index is 0.0689. The van der Waals surface area contributed by atoms with Crippen LogP contribution in [0.5, 0.6) is 0 Å². The number of rotatable bonds is 2. The summed E-state index contributed by atoms with van der Waals surface area (Å²) in [6.07, 6.45) is 1.82. The van der Waals surface area contributed by atoms with E-state index in [0.29, 0.717) is 5.92 Å². The Bertz CT molecular complexity index is 618. The number of carbonyl (C=O) groups is 1. The molecule has 126 valence electrons. The molecule has 2 aliphatic heterocycles. The maximum Gasteiger partial charge on any atom is 0.244 e. The largest absolute Gasteiger partial charge is 0.398 e. The summed E-state index contributed by atoms with van der Waals surface area (Å²) < 4.78 is 6.48. The Morgan fingerprint density at radius 3 is 2.61 bits per heavy atom. The van der Waals surface area contributed by atoms with Gasteiger partial charge in [-0.25, -0.2) is 5.01 Å². The zero-order valence-corrected chi connectivity index (χ0v) is 15.5. The van der Waals surface area contributed by atoms with Crippen LogP contribution in [0.2, 0.25) is 0 Å². The van der Waals surface area contributed by atoms with Gasteiger partial charge in [-0.3, -0.25) is 9.80 Å². The summed E-state index contributed by atoms with van der Waals surface area (Å²) in [6.45, 7) is 3.54. The van der Waals surface area contributed by atoms with Gasteiger partial charge in [0, 0.05) is 37.5 Å². The lowest BCUT2D eigenvalue weighted by Gasteiger charge is -2.39. The van der Waals surface area contributed by atoms with Crippen molar-refractivity contribution in [3.63, 3.8) is 0 Å². The maximum absolute atomic E-state index is 13.1. The van der Waals surface area contributed by atoms with Crippen molar-refractivity contribution in [3.8, 4) is 0 Å². The fourth-order valence-corrected chi connectivity index (χ4v) is 4.55. The second kappa shape index (κ2) is 6.07. The lowest BCUT2D eigenvalue weighted by Crippen LogP contribution is -2.41. The number of benzene rings is 1. The number of hydrazine groups is 1. The van der Waals surface area contributed by atoms with E-state index in [1.165, 1.54) is 0 Å². The van der Waals surface area contributed by atoms with Crippen LogP contribution >= 0.6 is 15.9 Å². The average molecular weight is 382 g/mol. The van der Waals surface area contributed by atoms with Gasteiger partial charge in [-0.15, -0.1) is 0 Å². The van der Waals surface area contributed by atoms with E-state index in [1.807, 2.05) is 37.3 Å². The van der Waals surface area contributed by atoms with Crippen LogP contribution in [0.4, 0.5) is 5.69 Å². The first-order valence-electron chi connectivity index (χ1n) is 8.01. The fraction of sp³-hybridized carbons (Fsp3) is 0.588. The molecule has 2 heterocycles. The van der Waals surface area contributed by atoms with E-state index in [9.17, 15) is 4.79 Å². The molecule has 2 N–H and O–H groups in total. The Kier molecular flexibility index (Phi) is 4.42. The highest BCUT2D eigenvalue weighted by atomic mass is 79.9. The van der Waals surface area contributed by atoms with Crippen LogP contribution in [-0.4, -0.2) is 43.2 Å². The maximum atomic E-state index is 13.1. The summed E-state index contributed by atoms with van der Waals surface area (Å²) in [6, 6.07) is 5.81. The first kappa shape index (κ1) is 16.7. The van der Waals surface area contributed by atoms with Crippen LogP contribution in [0.1, 0.15) is 31.4 Å². The number of anilines is 1. The lowest BCUT2D eigenvalue weighted by molar-refractivity contribution is -0.142. The SMILES string of the molecule is CN1C(=O)C(C)(C2CCOCC2)C(c2cc(Br)ccc2N)N1C. The van der Waals surface area contributed by atoms with Gasteiger partial charge < -0.3 is 10.5 Å². The van der Waals surface area contributed by atoms with Crippen molar-refractivity contribution in [2.24, 2.45) is 11.3 Å². The van der Waals surface area contributed by atoms with Crippen LogP contribution < -0.4 is 5.73 Å². The molecule has 2 aliphatic rings. The van der Waals surface area contributed by atoms with Gasteiger partial charge in [0.2, 0.25) is 5.91 Å². The molecule has 0 bridgehead atoms. The summed E-state index contributed by atoms with van der Waals surface area (Å²) >= 11 is 3.53. The highest BCUT2D eigenvalue weighted by Crippen LogP contribution is 2.54. The van der Waals surface area contributed by atoms with Crippen LogP contribution in [0, 0.1) is 11.3 Å². The molecule has 6 heteroatoms. The molecule has 0 radical (unpaired) electrons. The quantitative estimate of drug-likeness (QED) is 0.800. The zero-order chi connectivity index (χ0) is 16.8. The van der Waals surface area contributed by atoms with Gasteiger partial charge >= 0.3 is 0 Å². The van der Waals surface area contributed by atoms with Crippen molar-refractivity contribution in [1.82, 2.24) is 10.0 Å². The van der Waals surface area contributed by atoms with Crippen molar-refractivity contribution in [1.29, 1.82) is 0 Å². The molecular weight excluding hydrogens is 358 g/mol. The number of nitrogens with zero attached hydrogens (tertiary/aromatic N) is 2. The molecule has 2 atom stereocenters. The number of ether oxygens (including phenoxy) is 1. The smallest absolute Gasteiger partial charge is 0.244 e. The number of halogens is 1. The van der Waals surface area contributed by atoms with E-state index in [4.69, 9.17) is 10.5 Å². The first-order chi connectivity index (χ1) is 10.9. The fourth-order valence-electron chi connectivity index (χ4n) is 4.17. The summed E-state index contributed by atoms with van der Waals surface area (Å²) in [5.74, 6) is 0.454. The minimum Gasteiger partial charge on any atom is -0.398 e. The Balaban J connectivity index is 2.10. The number of hydrogen-bond donors (Lipinski definition) is 1. The van der Waals surface area contributed by atoms with Gasteiger partial charge in [-0.2, -0.15) is 0 Å². The number of nitrogens with two attached hydrogens (primary N) is 1. The van der Waals surface area contributed by atoms with Crippen molar-refractivity contribution in [2.45, 2.75) is 25.8 Å². The molecule has 2 unspecified atom stereocenters. The van der Waals surface area contributed by atoms with Crippen molar-refractivity contribution >= 4 is 27.5 Å². The van der Waals surface area contributed by atoms with Gasteiger partial charge in [-0.1, -0.05) is 15.9 Å². The molecule has 0 aromatic heterocycles. The third-order valence-corrected chi connectivity index (χ3v) is 6.08. The summed E-state index contributed by atoms with van der Waals surface area (Å²) in [5.41, 5.74) is 7.51. The molecule has 1 amide bonds. The molecule has 23 heavy (non-hydrogen) atoms. The highest BCUT2D eigenvalue weighted by molar-refractivity contribution is 9.10. The zero-order valence-electron chi connectivity index (χ0n) is 13.9. The second-order valence-corrected chi connectivity index (χ2v) is 7.66. The summed E-state index contributed by atoms with van der Waals surface area (Å²) in [4.78, 5) is 13.1. The third-order valence-electron chi connectivity index (χ3n) is 5.58. The molecule has 3 rings (SSSR count). The van der Waals surface area contributed by atoms with Crippen LogP contribution in [0.25, 0.3) is 0 Å². The van der Waals surface area contributed by atoms with E-state index >= 15 is 0 Å². The van der Waals surface area contributed by atoms with E-state index < -0.39 is 5.41 Å². The normalized spacial score (nSPS) is 30.2. The number of nitrogen functional groups attached to an aromatic ring is 1. The Morgan fingerprint density at radius 2 is 1.96 bits per heavy atom. The Labute approximate surface area is 145 Å². The summed E-state index contributed by atoms with van der Waals surface area (Å²) in [5, 5.41) is 3.76. The predicted molar refractivity (Wildman–Crippen MR) is 93.5 cm³/mol. The van der Waals surface area contributed by atoms with Gasteiger partial charge in [0.1, 0.15) is 0 Å². The predicted octanol–water partition coefficient (Wildman–Crippen LogP) is 2.82. The molecular formula is C17H24BrN3O2. The van der Waals surface area contributed by atoms with Crippen LogP contribution in [-0.2, 0) is 9.53 Å². The topological polar surface area (TPSA) is 58.8 Å². The van der Waals surface area contributed by atoms with Crippen molar-refractivity contribution < 1.29 is 9.53 Å². The number of carbonyl (C=O) groups excluding carboxylic acids is 1. The van der Waals surface area contributed by atoms with Crippen LogP contribution in [0.15, 0.2) is 22.7 Å².